The number of aryl methyl sites for hydroxylation is 1. The van der Waals surface area contributed by atoms with Crippen LogP contribution in [0, 0.1) is 0 Å². The fourth-order valence-electron chi connectivity index (χ4n) is 4.23. The van der Waals surface area contributed by atoms with Crippen LogP contribution >= 0.6 is 0 Å². The molecule has 0 unspecified atom stereocenters. The van der Waals surface area contributed by atoms with E-state index in [1.165, 1.54) is 12.1 Å². The van der Waals surface area contributed by atoms with Crippen LogP contribution < -0.4 is 4.72 Å². The third-order valence-corrected chi connectivity index (χ3v) is 7.31. The molecular weight excluding hydrogens is 460 g/mol. The predicted molar refractivity (Wildman–Crippen MR) is 140 cm³/mol. The third kappa shape index (κ3) is 6.58. The second-order valence-electron chi connectivity index (χ2n) is 9.93. The van der Waals surface area contributed by atoms with Gasteiger partial charge in [0.15, 0.2) is 0 Å². The monoisotopic (exact) mass is 496 g/mol. The van der Waals surface area contributed by atoms with Crippen LogP contribution in [-0.2, 0) is 34.8 Å². The van der Waals surface area contributed by atoms with Crippen molar-refractivity contribution in [3.05, 3.63) is 71.0 Å². The zero-order chi connectivity index (χ0) is 25.9. The summed E-state index contributed by atoms with van der Waals surface area (Å²) < 4.78 is 29.8. The molecule has 2 aromatic carbocycles. The van der Waals surface area contributed by atoms with Crippen molar-refractivity contribution >= 4 is 15.9 Å². The number of carbonyl (C=O) groups is 1. The molecule has 0 bridgehead atoms. The Bertz CT molecular complexity index is 1260. The van der Waals surface area contributed by atoms with E-state index in [-0.39, 0.29) is 23.2 Å². The lowest BCUT2D eigenvalue weighted by Gasteiger charge is -2.21. The summed E-state index contributed by atoms with van der Waals surface area (Å²) in [6.45, 7) is 9.04. The van der Waals surface area contributed by atoms with Crippen molar-refractivity contribution < 1.29 is 13.2 Å². The Kier molecular flexibility index (Phi) is 8.18. The van der Waals surface area contributed by atoms with E-state index in [1.807, 2.05) is 38.4 Å². The fourth-order valence-corrected chi connectivity index (χ4v) is 5.22. The highest BCUT2D eigenvalue weighted by molar-refractivity contribution is 7.90. The summed E-state index contributed by atoms with van der Waals surface area (Å²) in [6.07, 6.45) is 3.78. The van der Waals surface area contributed by atoms with Gasteiger partial charge in [-0.15, -0.1) is 0 Å². The molecule has 1 heterocycles. The summed E-state index contributed by atoms with van der Waals surface area (Å²) in [5.41, 5.74) is 6.01. The maximum absolute atomic E-state index is 13.0. The number of nitrogens with zero attached hydrogens (tertiary/aromatic N) is 3. The molecule has 0 spiro atoms. The van der Waals surface area contributed by atoms with Gasteiger partial charge in [-0.25, -0.2) is 13.1 Å². The lowest BCUT2D eigenvalue weighted by Crippen LogP contribution is -2.32. The van der Waals surface area contributed by atoms with E-state index in [0.717, 1.165) is 33.4 Å². The SMILES string of the molecule is CC(C)c1cc(-c2cnn(C)c2)cc(C(C)C)c1CC(=O)NS(=O)(=O)c1ccc(CN(C)C)cc1. The first-order chi connectivity index (χ1) is 16.4. The topological polar surface area (TPSA) is 84.3 Å². The highest BCUT2D eigenvalue weighted by Gasteiger charge is 2.23. The average Bonchev–Trinajstić information content (AvgIpc) is 3.19. The Hall–Kier alpha value is -2.97. The summed E-state index contributed by atoms with van der Waals surface area (Å²) in [7, 11) is 1.82. The van der Waals surface area contributed by atoms with Crippen LogP contribution in [0.2, 0.25) is 0 Å². The van der Waals surface area contributed by atoms with Gasteiger partial charge in [0.25, 0.3) is 10.0 Å². The van der Waals surface area contributed by atoms with Crippen LogP contribution in [0.1, 0.15) is 61.8 Å². The van der Waals surface area contributed by atoms with Gasteiger partial charge in [0.05, 0.1) is 17.5 Å². The number of hydrogen-bond donors (Lipinski definition) is 1. The van der Waals surface area contributed by atoms with Crippen molar-refractivity contribution in [1.29, 1.82) is 0 Å². The molecule has 0 aliphatic heterocycles. The molecule has 1 N–H and O–H groups in total. The van der Waals surface area contributed by atoms with Crippen LogP contribution in [0.5, 0.6) is 0 Å². The standard InChI is InChI=1S/C27H36N4O3S/c1-18(2)24-12-21(22-15-28-31(7)17-22)13-25(19(3)4)26(24)14-27(32)29-35(33,34)23-10-8-20(9-11-23)16-30(5)6/h8-13,15,17-19H,14,16H2,1-7H3,(H,29,32). The minimum absolute atomic E-state index is 0.00765. The molecule has 0 saturated carbocycles. The Morgan fingerprint density at radius 3 is 2.03 bits per heavy atom. The first-order valence-electron chi connectivity index (χ1n) is 11.8. The van der Waals surface area contributed by atoms with Crippen molar-refractivity contribution in [2.24, 2.45) is 7.05 Å². The molecule has 8 heteroatoms. The van der Waals surface area contributed by atoms with Crippen LogP contribution in [0.15, 0.2) is 53.7 Å². The maximum atomic E-state index is 13.0. The molecule has 0 radical (unpaired) electrons. The quantitative estimate of drug-likeness (QED) is 0.473. The average molecular weight is 497 g/mol. The second-order valence-corrected chi connectivity index (χ2v) is 11.6. The van der Waals surface area contributed by atoms with Crippen LogP contribution in [0.3, 0.4) is 0 Å². The summed E-state index contributed by atoms with van der Waals surface area (Å²) in [6, 6.07) is 10.8. The molecule has 188 valence electrons. The predicted octanol–water partition coefficient (Wildman–Crippen LogP) is 4.44. The molecule has 3 rings (SSSR count). The van der Waals surface area contributed by atoms with Crippen molar-refractivity contribution in [1.82, 2.24) is 19.4 Å². The van der Waals surface area contributed by atoms with Gasteiger partial charge in [0.1, 0.15) is 0 Å². The van der Waals surface area contributed by atoms with E-state index in [9.17, 15) is 13.2 Å². The molecule has 0 aliphatic carbocycles. The molecule has 0 atom stereocenters. The van der Waals surface area contributed by atoms with E-state index in [4.69, 9.17) is 0 Å². The molecule has 1 aromatic heterocycles. The normalized spacial score (nSPS) is 12.1. The molecular formula is C27H36N4O3S. The highest BCUT2D eigenvalue weighted by atomic mass is 32.2. The molecule has 7 nitrogen and oxygen atoms in total. The number of benzene rings is 2. The van der Waals surface area contributed by atoms with Gasteiger partial charge in [-0.2, -0.15) is 5.10 Å². The number of rotatable bonds is 9. The molecule has 3 aromatic rings. The first kappa shape index (κ1) is 26.6. The summed E-state index contributed by atoms with van der Waals surface area (Å²) in [4.78, 5) is 15.1. The second kappa shape index (κ2) is 10.7. The van der Waals surface area contributed by atoms with Gasteiger partial charge in [0, 0.05) is 25.4 Å². The van der Waals surface area contributed by atoms with E-state index < -0.39 is 15.9 Å². The molecule has 35 heavy (non-hydrogen) atoms. The Morgan fingerprint density at radius 1 is 1.00 bits per heavy atom. The zero-order valence-electron chi connectivity index (χ0n) is 21.7. The van der Waals surface area contributed by atoms with Crippen molar-refractivity contribution in [2.45, 2.75) is 57.4 Å². The molecule has 0 saturated heterocycles. The number of carbonyl (C=O) groups excluding carboxylic acids is 1. The fraction of sp³-hybridized carbons (Fsp3) is 0.407. The minimum Gasteiger partial charge on any atom is -0.305 e. The lowest BCUT2D eigenvalue weighted by atomic mass is 9.84. The van der Waals surface area contributed by atoms with E-state index in [2.05, 4.69) is 49.6 Å². The Balaban J connectivity index is 1.90. The molecule has 0 fully saturated rings. The number of sulfonamides is 1. The number of amides is 1. The van der Waals surface area contributed by atoms with E-state index in [1.54, 1.807) is 16.8 Å². The minimum atomic E-state index is -3.96. The van der Waals surface area contributed by atoms with Gasteiger partial charge in [-0.05, 0) is 65.9 Å². The van der Waals surface area contributed by atoms with Crippen LogP contribution in [-0.4, -0.2) is 43.1 Å². The van der Waals surface area contributed by atoms with E-state index >= 15 is 0 Å². The summed E-state index contributed by atoms with van der Waals surface area (Å²) >= 11 is 0. The van der Waals surface area contributed by atoms with Crippen molar-refractivity contribution in [3.63, 3.8) is 0 Å². The van der Waals surface area contributed by atoms with Gasteiger partial charge in [-0.3, -0.25) is 9.48 Å². The van der Waals surface area contributed by atoms with E-state index in [0.29, 0.717) is 6.54 Å². The number of hydrogen-bond acceptors (Lipinski definition) is 5. The summed E-state index contributed by atoms with van der Waals surface area (Å²) in [5, 5.41) is 4.28. The van der Waals surface area contributed by atoms with Gasteiger partial charge < -0.3 is 4.90 Å². The molecule has 1 amide bonds. The largest absolute Gasteiger partial charge is 0.305 e. The Morgan fingerprint density at radius 2 is 1.57 bits per heavy atom. The number of aromatic nitrogens is 2. The summed E-state index contributed by atoms with van der Waals surface area (Å²) in [5.74, 6) is -0.221. The zero-order valence-corrected chi connectivity index (χ0v) is 22.5. The van der Waals surface area contributed by atoms with Crippen LogP contribution in [0.25, 0.3) is 11.1 Å². The van der Waals surface area contributed by atoms with Gasteiger partial charge in [0.2, 0.25) is 5.91 Å². The van der Waals surface area contributed by atoms with Crippen molar-refractivity contribution in [2.75, 3.05) is 14.1 Å². The van der Waals surface area contributed by atoms with Gasteiger partial charge >= 0.3 is 0 Å². The highest BCUT2D eigenvalue weighted by Crippen LogP contribution is 2.34. The van der Waals surface area contributed by atoms with Gasteiger partial charge in [-0.1, -0.05) is 52.0 Å². The van der Waals surface area contributed by atoms with Crippen LogP contribution in [0.4, 0.5) is 0 Å². The first-order valence-corrected chi connectivity index (χ1v) is 13.3. The maximum Gasteiger partial charge on any atom is 0.264 e. The smallest absolute Gasteiger partial charge is 0.264 e. The third-order valence-electron chi connectivity index (χ3n) is 5.92. The number of nitrogens with one attached hydrogen (secondary N) is 1. The molecule has 0 aliphatic rings. The lowest BCUT2D eigenvalue weighted by molar-refractivity contribution is -0.118. The Labute approximate surface area is 209 Å². The van der Waals surface area contributed by atoms with Crippen molar-refractivity contribution in [3.8, 4) is 11.1 Å².